The Morgan fingerprint density at radius 3 is 2.46 bits per heavy atom. The molecule has 0 aromatic heterocycles. The van der Waals surface area contributed by atoms with E-state index >= 15 is 0 Å². The van der Waals surface area contributed by atoms with Crippen molar-refractivity contribution < 1.29 is 19.1 Å². The molecular weight excluding hydrogens is 374 g/mol. The molecule has 0 aliphatic carbocycles. The van der Waals surface area contributed by atoms with Crippen LogP contribution in [0, 0.1) is 5.92 Å². The quantitative estimate of drug-likeness (QED) is 0.593. The van der Waals surface area contributed by atoms with E-state index in [2.05, 4.69) is 15.9 Å². The van der Waals surface area contributed by atoms with Crippen molar-refractivity contribution in [2.75, 3.05) is 18.6 Å². The second-order valence-corrected chi connectivity index (χ2v) is 6.37. The normalized spacial score (nSPS) is 17.0. The van der Waals surface area contributed by atoms with Crippen molar-refractivity contribution in [2.24, 2.45) is 5.92 Å². The highest BCUT2D eigenvalue weighted by Crippen LogP contribution is 2.30. The standard InChI is InChI=1S/C18H16BrNO4/c1-23-15-4-2-3-5-16(15)24-18(22)12-10-17(21)20(11-12)14-8-6-13(19)7-9-14/h2-9,12H,10-11H2,1H3/t12-/m0/s1. The number of nitrogens with zero attached hydrogens (tertiary/aromatic N) is 1. The molecule has 1 heterocycles. The maximum absolute atomic E-state index is 12.4. The predicted molar refractivity (Wildman–Crippen MR) is 93.2 cm³/mol. The van der Waals surface area contributed by atoms with Crippen molar-refractivity contribution in [3.8, 4) is 11.5 Å². The summed E-state index contributed by atoms with van der Waals surface area (Å²) in [5.41, 5.74) is 0.774. The van der Waals surface area contributed by atoms with Gasteiger partial charge in [-0.3, -0.25) is 9.59 Å². The number of rotatable bonds is 4. The number of anilines is 1. The molecule has 0 N–H and O–H groups in total. The van der Waals surface area contributed by atoms with E-state index in [0.29, 0.717) is 18.0 Å². The fraction of sp³-hybridized carbons (Fsp3) is 0.222. The molecule has 6 heteroatoms. The van der Waals surface area contributed by atoms with E-state index in [4.69, 9.17) is 9.47 Å². The van der Waals surface area contributed by atoms with Gasteiger partial charge in [-0.2, -0.15) is 0 Å². The highest BCUT2D eigenvalue weighted by atomic mass is 79.9. The lowest BCUT2D eigenvalue weighted by Crippen LogP contribution is -2.27. The largest absolute Gasteiger partial charge is 0.493 e. The molecule has 2 aromatic carbocycles. The molecule has 24 heavy (non-hydrogen) atoms. The van der Waals surface area contributed by atoms with Crippen LogP contribution in [0.5, 0.6) is 11.5 Å². The first-order valence-electron chi connectivity index (χ1n) is 7.49. The Morgan fingerprint density at radius 1 is 1.12 bits per heavy atom. The Labute approximate surface area is 148 Å². The van der Waals surface area contributed by atoms with Gasteiger partial charge in [0, 0.05) is 23.1 Å². The zero-order valence-electron chi connectivity index (χ0n) is 13.1. The fourth-order valence-electron chi connectivity index (χ4n) is 2.63. The third kappa shape index (κ3) is 3.43. The van der Waals surface area contributed by atoms with Gasteiger partial charge < -0.3 is 14.4 Å². The summed E-state index contributed by atoms with van der Waals surface area (Å²) in [7, 11) is 1.51. The molecular formula is C18H16BrNO4. The van der Waals surface area contributed by atoms with Crippen LogP contribution >= 0.6 is 15.9 Å². The summed E-state index contributed by atoms with van der Waals surface area (Å²) in [5, 5.41) is 0. The Hall–Kier alpha value is -2.34. The number of hydrogen-bond donors (Lipinski definition) is 0. The molecule has 3 rings (SSSR count). The zero-order chi connectivity index (χ0) is 17.1. The third-order valence-electron chi connectivity index (χ3n) is 3.88. The molecule has 0 radical (unpaired) electrons. The van der Waals surface area contributed by atoms with Gasteiger partial charge in [0.15, 0.2) is 11.5 Å². The summed E-state index contributed by atoms with van der Waals surface area (Å²) in [6.07, 6.45) is 0.143. The molecule has 1 aliphatic rings. The molecule has 0 spiro atoms. The van der Waals surface area contributed by atoms with Gasteiger partial charge >= 0.3 is 5.97 Å². The van der Waals surface area contributed by atoms with Crippen LogP contribution in [0.15, 0.2) is 53.0 Å². The first-order chi connectivity index (χ1) is 11.6. The van der Waals surface area contributed by atoms with Crippen LogP contribution in [0.4, 0.5) is 5.69 Å². The first-order valence-corrected chi connectivity index (χ1v) is 8.28. The summed E-state index contributed by atoms with van der Waals surface area (Å²) in [6.45, 7) is 0.314. The number of methoxy groups -OCH3 is 1. The first kappa shape index (κ1) is 16.5. The van der Waals surface area contributed by atoms with Gasteiger partial charge in [0.05, 0.1) is 13.0 Å². The number of carbonyl (C=O) groups excluding carboxylic acids is 2. The molecule has 1 saturated heterocycles. The van der Waals surface area contributed by atoms with Crippen LogP contribution in [0.25, 0.3) is 0 Å². The second kappa shape index (κ2) is 7.05. The lowest BCUT2D eigenvalue weighted by Gasteiger charge is -2.16. The lowest BCUT2D eigenvalue weighted by atomic mass is 10.1. The molecule has 1 fully saturated rings. The van der Waals surface area contributed by atoms with E-state index in [1.807, 2.05) is 24.3 Å². The highest BCUT2D eigenvalue weighted by molar-refractivity contribution is 9.10. The smallest absolute Gasteiger partial charge is 0.316 e. The van der Waals surface area contributed by atoms with Gasteiger partial charge in [0.2, 0.25) is 5.91 Å². The van der Waals surface area contributed by atoms with E-state index in [9.17, 15) is 9.59 Å². The molecule has 1 amide bonds. The Kier molecular flexibility index (Phi) is 4.85. The second-order valence-electron chi connectivity index (χ2n) is 5.45. The molecule has 0 bridgehead atoms. The zero-order valence-corrected chi connectivity index (χ0v) is 14.7. The van der Waals surface area contributed by atoms with Crippen LogP contribution in [-0.2, 0) is 9.59 Å². The number of amides is 1. The van der Waals surface area contributed by atoms with Crippen LogP contribution in [0.1, 0.15) is 6.42 Å². The summed E-state index contributed by atoms with van der Waals surface area (Å²) in [5.74, 6) is -0.155. The average Bonchev–Trinajstić information content (AvgIpc) is 2.98. The molecule has 5 nitrogen and oxygen atoms in total. The molecule has 2 aromatic rings. The van der Waals surface area contributed by atoms with Gasteiger partial charge in [0.1, 0.15) is 0 Å². The van der Waals surface area contributed by atoms with Gasteiger partial charge in [0.25, 0.3) is 0 Å². The minimum absolute atomic E-state index is 0.0840. The number of para-hydroxylation sites is 2. The fourth-order valence-corrected chi connectivity index (χ4v) is 2.90. The van der Waals surface area contributed by atoms with Crippen molar-refractivity contribution >= 4 is 33.5 Å². The minimum atomic E-state index is -0.494. The van der Waals surface area contributed by atoms with Crippen molar-refractivity contribution in [3.05, 3.63) is 53.0 Å². The number of hydrogen-bond acceptors (Lipinski definition) is 4. The summed E-state index contributed by atoms with van der Waals surface area (Å²) < 4.78 is 11.5. The maximum Gasteiger partial charge on any atom is 0.316 e. The molecule has 1 aliphatic heterocycles. The van der Waals surface area contributed by atoms with Crippen LogP contribution in [0.3, 0.4) is 0 Å². The Balaban J connectivity index is 1.71. The Bertz CT molecular complexity index is 760. The van der Waals surface area contributed by atoms with E-state index in [-0.39, 0.29) is 12.3 Å². The number of carbonyl (C=O) groups is 2. The molecule has 0 unspecified atom stereocenters. The SMILES string of the molecule is COc1ccccc1OC(=O)[C@H]1CC(=O)N(c2ccc(Br)cc2)C1. The topological polar surface area (TPSA) is 55.8 Å². The van der Waals surface area contributed by atoms with Crippen LogP contribution in [0.2, 0.25) is 0 Å². The van der Waals surface area contributed by atoms with Gasteiger partial charge in [-0.15, -0.1) is 0 Å². The van der Waals surface area contributed by atoms with Crippen molar-refractivity contribution in [1.82, 2.24) is 0 Å². The average molecular weight is 390 g/mol. The number of benzene rings is 2. The van der Waals surface area contributed by atoms with E-state index in [1.165, 1.54) is 7.11 Å². The maximum atomic E-state index is 12.4. The Morgan fingerprint density at radius 2 is 1.79 bits per heavy atom. The van der Waals surface area contributed by atoms with Gasteiger partial charge in [-0.1, -0.05) is 28.1 Å². The van der Waals surface area contributed by atoms with Crippen LogP contribution < -0.4 is 14.4 Å². The van der Waals surface area contributed by atoms with Crippen molar-refractivity contribution in [3.63, 3.8) is 0 Å². The van der Waals surface area contributed by atoms with E-state index < -0.39 is 11.9 Å². The summed E-state index contributed by atoms with van der Waals surface area (Å²) in [6, 6.07) is 14.4. The number of esters is 1. The van der Waals surface area contributed by atoms with Crippen molar-refractivity contribution in [2.45, 2.75) is 6.42 Å². The number of ether oxygens (including phenoxy) is 2. The third-order valence-corrected chi connectivity index (χ3v) is 4.40. The molecule has 0 saturated carbocycles. The van der Waals surface area contributed by atoms with Crippen molar-refractivity contribution in [1.29, 1.82) is 0 Å². The summed E-state index contributed by atoms with van der Waals surface area (Å²) >= 11 is 3.37. The minimum Gasteiger partial charge on any atom is -0.493 e. The van der Waals surface area contributed by atoms with Crippen LogP contribution in [-0.4, -0.2) is 25.5 Å². The highest BCUT2D eigenvalue weighted by Gasteiger charge is 2.36. The van der Waals surface area contributed by atoms with Gasteiger partial charge in [-0.05, 0) is 36.4 Å². The van der Waals surface area contributed by atoms with E-state index in [0.717, 1.165) is 10.2 Å². The number of halogens is 1. The lowest BCUT2D eigenvalue weighted by molar-refractivity contribution is -0.139. The monoisotopic (exact) mass is 389 g/mol. The molecule has 1 atom stereocenters. The van der Waals surface area contributed by atoms with Gasteiger partial charge in [-0.25, -0.2) is 0 Å². The summed E-state index contributed by atoms with van der Waals surface area (Å²) in [4.78, 5) is 26.2. The molecule has 124 valence electrons. The predicted octanol–water partition coefficient (Wildman–Crippen LogP) is 3.42. The van der Waals surface area contributed by atoms with E-state index in [1.54, 1.807) is 29.2 Å².